The number of morpholine rings is 1. The van der Waals surface area contributed by atoms with Crippen LogP contribution >= 0.6 is 0 Å². The molecule has 1 fully saturated rings. The third-order valence-electron chi connectivity index (χ3n) is 4.72. The average Bonchev–Trinajstić information content (AvgIpc) is 3.18. The maximum atomic E-state index is 12.2. The maximum Gasteiger partial charge on any atom is 0.221 e. The first-order valence-corrected chi connectivity index (χ1v) is 9.48. The van der Waals surface area contributed by atoms with E-state index < -0.39 is 0 Å². The van der Waals surface area contributed by atoms with Crippen molar-refractivity contribution >= 4 is 5.91 Å². The minimum absolute atomic E-state index is 0.0738. The lowest BCUT2D eigenvalue weighted by Crippen LogP contribution is -2.41. The van der Waals surface area contributed by atoms with Crippen LogP contribution in [0.2, 0.25) is 0 Å². The molecule has 10 nitrogen and oxygen atoms in total. The Kier molecular flexibility index (Phi) is 5.98. The lowest BCUT2D eigenvalue weighted by Gasteiger charge is -2.26. The minimum atomic E-state index is -0.205. The Morgan fingerprint density at radius 1 is 1.21 bits per heavy atom. The zero-order chi connectivity index (χ0) is 19.2. The molecular weight excluding hydrogens is 364 g/mol. The van der Waals surface area contributed by atoms with Crippen molar-refractivity contribution in [2.45, 2.75) is 25.6 Å². The molecule has 0 unspecified atom stereocenters. The SMILES string of the molecule is O=C(CCn1nnnc1CN1CCOCC1)NC[C@H]1COc2ccccc2O1. The second-order valence-electron chi connectivity index (χ2n) is 6.76. The van der Waals surface area contributed by atoms with Gasteiger partial charge in [-0.25, -0.2) is 4.68 Å². The first kappa shape index (κ1) is 18.6. The summed E-state index contributed by atoms with van der Waals surface area (Å²) in [5.74, 6) is 2.12. The maximum absolute atomic E-state index is 12.2. The Labute approximate surface area is 162 Å². The first-order valence-electron chi connectivity index (χ1n) is 9.48. The van der Waals surface area contributed by atoms with Crippen molar-refractivity contribution in [2.75, 3.05) is 39.5 Å². The zero-order valence-corrected chi connectivity index (χ0v) is 15.6. The number of carbonyl (C=O) groups is 1. The van der Waals surface area contributed by atoms with E-state index in [0.717, 1.165) is 37.9 Å². The molecule has 28 heavy (non-hydrogen) atoms. The van der Waals surface area contributed by atoms with Gasteiger partial charge in [-0.15, -0.1) is 5.10 Å². The van der Waals surface area contributed by atoms with Gasteiger partial charge in [0.1, 0.15) is 12.7 Å². The number of amides is 1. The summed E-state index contributed by atoms with van der Waals surface area (Å²) in [5.41, 5.74) is 0. The van der Waals surface area contributed by atoms with Crippen molar-refractivity contribution < 1.29 is 19.0 Å². The van der Waals surface area contributed by atoms with E-state index in [-0.39, 0.29) is 12.0 Å². The fourth-order valence-electron chi connectivity index (χ4n) is 3.16. The first-order chi connectivity index (χ1) is 13.8. The van der Waals surface area contributed by atoms with Crippen LogP contribution in [0.25, 0.3) is 0 Å². The summed E-state index contributed by atoms with van der Waals surface area (Å²) in [4.78, 5) is 14.5. The van der Waals surface area contributed by atoms with Crippen LogP contribution in [0.15, 0.2) is 24.3 Å². The van der Waals surface area contributed by atoms with E-state index in [0.29, 0.717) is 38.4 Å². The Bertz CT molecular complexity index is 792. The molecule has 0 saturated carbocycles. The van der Waals surface area contributed by atoms with Gasteiger partial charge < -0.3 is 19.5 Å². The van der Waals surface area contributed by atoms with Crippen molar-refractivity contribution in [2.24, 2.45) is 0 Å². The summed E-state index contributed by atoms with van der Waals surface area (Å²) in [6, 6.07) is 7.52. The topological polar surface area (TPSA) is 104 Å². The molecule has 1 saturated heterocycles. The molecule has 0 spiro atoms. The van der Waals surface area contributed by atoms with Crippen LogP contribution in [0.4, 0.5) is 0 Å². The molecule has 3 heterocycles. The van der Waals surface area contributed by atoms with Crippen LogP contribution in [-0.2, 0) is 22.6 Å². The number of aromatic nitrogens is 4. The molecule has 1 N–H and O–H groups in total. The summed E-state index contributed by atoms with van der Waals surface area (Å²) < 4.78 is 18.5. The number of aryl methyl sites for hydroxylation is 1. The number of tetrazole rings is 1. The van der Waals surface area contributed by atoms with Crippen LogP contribution < -0.4 is 14.8 Å². The number of hydrogen-bond acceptors (Lipinski definition) is 8. The molecule has 1 aromatic heterocycles. The Balaban J connectivity index is 1.21. The monoisotopic (exact) mass is 388 g/mol. The molecule has 2 aliphatic heterocycles. The van der Waals surface area contributed by atoms with Gasteiger partial charge >= 0.3 is 0 Å². The van der Waals surface area contributed by atoms with Crippen molar-refractivity contribution in [1.29, 1.82) is 0 Å². The van der Waals surface area contributed by atoms with Gasteiger partial charge in [0.25, 0.3) is 0 Å². The van der Waals surface area contributed by atoms with Gasteiger partial charge in [0, 0.05) is 19.5 Å². The molecule has 2 aliphatic rings. The van der Waals surface area contributed by atoms with E-state index in [2.05, 4.69) is 25.7 Å². The number of rotatable bonds is 7. The molecule has 0 aliphatic carbocycles. The van der Waals surface area contributed by atoms with Crippen molar-refractivity contribution in [3.05, 3.63) is 30.1 Å². The highest BCUT2D eigenvalue weighted by molar-refractivity contribution is 5.75. The normalized spacial score (nSPS) is 19.4. The van der Waals surface area contributed by atoms with Gasteiger partial charge in [-0.1, -0.05) is 12.1 Å². The molecule has 0 radical (unpaired) electrons. The summed E-state index contributed by atoms with van der Waals surface area (Å²) in [5, 5.41) is 14.7. The summed E-state index contributed by atoms with van der Waals surface area (Å²) in [6.07, 6.45) is 0.0921. The number of nitrogens with zero attached hydrogens (tertiary/aromatic N) is 5. The van der Waals surface area contributed by atoms with Crippen molar-refractivity contribution in [3.63, 3.8) is 0 Å². The number of hydrogen-bond donors (Lipinski definition) is 1. The highest BCUT2D eigenvalue weighted by Gasteiger charge is 2.21. The molecule has 10 heteroatoms. The molecule has 150 valence electrons. The smallest absolute Gasteiger partial charge is 0.221 e. The Hall–Kier alpha value is -2.72. The van der Waals surface area contributed by atoms with E-state index in [4.69, 9.17) is 14.2 Å². The quantitative estimate of drug-likeness (QED) is 0.699. The van der Waals surface area contributed by atoms with E-state index in [9.17, 15) is 4.79 Å². The fraction of sp³-hybridized carbons (Fsp3) is 0.556. The highest BCUT2D eigenvalue weighted by Crippen LogP contribution is 2.30. The van der Waals surface area contributed by atoms with Gasteiger partial charge in [0.2, 0.25) is 5.91 Å². The second-order valence-corrected chi connectivity index (χ2v) is 6.76. The number of para-hydroxylation sites is 2. The van der Waals surface area contributed by atoms with Gasteiger partial charge in [-0.3, -0.25) is 9.69 Å². The third-order valence-corrected chi connectivity index (χ3v) is 4.72. The number of fused-ring (bicyclic) bond motifs is 1. The van der Waals surface area contributed by atoms with Crippen LogP contribution in [0.5, 0.6) is 11.5 Å². The van der Waals surface area contributed by atoms with Gasteiger partial charge in [-0.2, -0.15) is 0 Å². The Morgan fingerprint density at radius 2 is 2.04 bits per heavy atom. The number of carbonyl (C=O) groups excluding carboxylic acids is 1. The Morgan fingerprint density at radius 3 is 2.89 bits per heavy atom. The largest absolute Gasteiger partial charge is 0.486 e. The van der Waals surface area contributed by atoms with Crippen LogP contribution in [0, 0.1) is 0 Å². The van der Waals surface area contributed by atoms with E-state index in [1.165, 1.54) is 0 Å². The average molecular weight is 388 g/mol. The van der Waals surface area contributed by atoms with Gasteiger partial charge in [-0.05, 0) is 22.6 Å². The second kappa shape index (κ2) is 8.98. The van der Waals surface area contributed by atoms with Gasteiger partial charge in [0.05, 0.1) is 32.8 Å². The highest BCUT2D eigenvalue weighted by atomic mass is 16.6. The predicted molar refractivity (Wildman–Crippen MR) is 97.9 cm³/mol. The molecule has 1 amide bonds. The summed E-state index contributed by atoms with van der Waals surface area (Å²) in [7, 11) is 0. The van der Waals surface area contributed by atoms with Crippen LogP contribution in [0.1, 0.15) is 12.2 Å². The summed E-state index contributed by atoms with van der Waals surface area (Å²) in [6.45, 7) is 5.06. The fourth-order valence-corrected chi connectivity index (χ4v) is 3.16. The van der Waals surface area contributed by atoms with Gasteiger partial charge in [0.15, 0.2) is 17.3 Å². The number of ether oxygens (including phenoxy) is 3. The van der Waals surface area contributed by atoms with E-state index in [1.54, 1.807) is 4.68 Å². The third kappa shape index (κ3) is 4.76. The molecule has 0 bridgehead atoms. The molecule has 1 atom stereocenters. The number of nitrogens with one attached hydrogen (secondary N) is 1. The molecule has 2 aromatic rings. The van der Waals surface area contributed by atoms with Crippen molar-refractivity contribution in [1.82, 2.24) is 30.4 Å². The lowest BCUT2D eigenvalue weighted by molar-refractivity contribution is -0.121. The van der Waals surface area contributed by atoms with E-state index >= 15 is 0 Å². The molecule has 1 aromatic carbocycles. The molecular formula is C18H24N6O4. The predicted octanol–water partition coefficient (Wildman–Crippen LogP) is -0.148. The standard InChI is InChI=1S/C18H24N6O4/c25-18(19-11-14-13-27-15-3-1-2-4-16(15)28-14)5-6-24-17(20-21-22-24)12-23-7-9-26-10-8-23/h1-4,14H,5-13H2,(H,19,25)/t14-/m0/s1. The van der Waals surface area contributed by atoms with Crippen LogP contribution in [0.3, 0.4) is 0 Å². The van der Waals surface area contributed by atoms with Crippen LogP contribution in [-0.4, -0.2) is 76.6 Å². The summed E-state index contributed by atoms with van der Waals surface area (Å²) >= 11 is 0. The molecule has 4 rings (SSSR count). The minimum Gasteiger partial charge on any atom is -0.486 e. The van der Waals surface area contributed by atoms with E-state index in [1.807, 2.05) is 24.3 Å². The van der Waals surface area contributed by atoms with Crippen molar-refractivity contribution in [3.8, 4) is 11.5 Å². The number of benzene rings is 1. The lowest BCUT2D eigenvalue weighted by atomic mass is 10.2. The zero-order valence-electron chi connectivity index (χ0n) is 15.6.